The molecule has 1 heterocycles. The first-order valence-electron chi connectivity index (χ1n) is 7.09. The molecule has 2 N–H and O–H groups in total. The van der Waals surface area contributed by atoms with E-state index in [1.54, 1.807) is 0 Å². The molecular weight excluding hydrogens is 282 g/mol. The van der Waals surface area contributed by atoms with Crippen LogP contribution in [0.15, 0.2) is 24.3 Å². The Kier molecular flexibility index (Phi) is 4.96. The van der Waals surface area contributed by atoms with Crippen molar-refractivity contribution < 1.29 is 4.79 Å². The number of benzene rings is 1. The molecule has 1 aromatic carbocycles. The molecule has 112 valence electrons. The number of anilines is 1. The van der Waals surface area contributed by atoms with Gasteiger partial charge in [0, 0.05) is 18.8 Å². The summed E-state index contributed by atoms with van der Waals surface area (Å²) in [6.07, 6.45) is 0.928. The van der Waals surface area contributed by atoms with E-state index < -0.39 is 0 Å². The number of carbonyl (C=O) groups is 1. The minimum atomic E-state index is 0.0665. The zero-order chi connectivity index (χ0) is 15.4. The van der Waals surface area contributed by atoms with Gasteiger partial charge in [0.25, 0.3) is 5.91 Å². The quantitative estimate of drug-likeness (QED) is 0.861. The molecule has 5 heteroatoms. The molecule has 0 saturated carbocycles. The van der Waals surface area contributed by atoms with Crippen molar-refractivity contribution in [2.24, 2.45) is 0 Å². The van der Waals surface area contributed by atoms with Gasteiger partial charge in [0.05, 0.1) is 10.7 Å². The van der Waals surface area contributed by atoms with Gasteiger partial charge in [-0.05, 0) is 38.0 Å². The molecule has 21 heavy (non-hydrogen) atoms. The second kappa shape index (κ2) is 6.72. The molecule has 2 aromatic rings. The van der Waals surface area contributed by atoms with E-state index in [0.717, 1.165) is 39.8 Å². The highest BCUT2D eigenvalue weighted by Gasteiger charge is 2.20. The monoisotopic (exact) mass is 303 g/mol. The summed E-state index contributed by atoms with van der Waals surface area (Å²) in [6.45, 7) is 7.24. The number of hydrogen-bond acceptors (Lipinski definition) is 4. The summed E-state index contributed by atoms with van der Waals surface area (Å²) < 4.78 is 0. The lowest BCUT2D eigenvalue weighted by Gasteiger charge is -2.22. The minimum absolute atomic E-state index is 0.0665. The molecule has 0 atom stereocenters. The maximum Gasteiger partial charge on any atom is 0.266 e. The Labute approximate surface area is 129 Å². The van der Waals surface area contributed by atoms with Gasteiger partial charge in [-0.2, -0.15) is 0 Å². The summed E-state index contributed by atoms with van der Waals surface area (Å²) in [4.78, 5) is 19.7. The van der Waals surface area contributed by atoms with Gasteiger partial charge in [-0.3, -0.25) is 4.79 Å². The molecular formula is C16H21N3OS. The molecule has 0 aliphatic heterocycles. The van der Waals surface area contributed by atoms with Crippen LogP contribution in [0.4, 0.5) is 5.69 Å². The van der Waals surface area contributed by atoms with Crippen molar-refractivity contribution in [3.05, 3.63) is 45.4 Å². The molecule has 1 amide bonds. The maximum absolute atomic E-state index is 12.7. The van der Waals surface area contributed by atoms with Crippen LogP contribution in [0.3, 0.4) is 0 Å². The lowest BCUT2D eigenvalue weighted by molar-refractivity contribution is 0.0747. The second-order valence-electron chi connectivity index (χ2n) is 5.12. The van der Waals surface area contributed by atoms with Crippen LogP contribution in [0.5, 0.6) is 0 Å². The SMILES string of the molecule is CCCN(Cc1ccc(N)cc1)C(=O)c1sc(C)nc1C. The number of nitrogen functional groups attached to an aromatic ring is 1. The summed E-state index contributed by atoms with van der Waals surface area (Å²) in [6, 6.07) is 7.67. The zero-order valence-electron chi connectivity index (χ0n) is 12.7. The molecule has 4 nitrogen and oxygen atoms in total. The van der Waals surface area contributed by atoms with Crippen LogP contribution in [0.1, 0.15) is 39.3 Å². The minimum Gasteiger partial charge on any atom is -0.399 e. The van der Waals surface area contributed by atoms with Gasteiger partial charge in [-0.15, -0.1) is 11.3 Å². The Morgan fingerprint density at radius 3 is 2.48 bits per heavy atom. The van der Waals surface area contributed by atoms with E-state index >= 15 is 0 Å². The van der Waals surface area contributed by atoms with Crippen LogP contribution in [0, 0.1) is 13.8 Å². The van der Waals surface area contributed by atoms with Gasteiger partial charge >= 0.3 is 0 Å². The lowest BCUT2D eigenvalue weighted by Crippen LogP contribution is -2.31. The van der Waals surface area contributed by atoms with Crippen LogP contribution in [0.25, 0.3) is 0 Å². The smallest absolute Gasteiger partial charge is 0.266 e. The fourth-order valence-corrected chi connectivity index (χ4v) is 3.13. The average Bonchev–Trinajstić information content (AvgIpc) is 2.79. The summed E-state index contributed by atoms with van der Waals surface area (Å²) in [5.74, 6) is 0.0665. The van der Waals surface area contributed by atoms with Gasteiger partial charge in [0.2, 0.25) is 0 Å². The van der Waals surface area contributed by atoms with Gasteiger partial charge in [0.15, 0.2) is 0 Å². The van der Waals surface area contributed by atoms with Crippen molar-refractivity contribution in [3.63, 3.8) is 0 Å². The number of amides is 1. The van der Waals surface area contributed by atoms with E-state index in [1.807, 2.05) is 43.0 Å². The first-order valence-corrected chi connectivity index (χ1v) is 7.90. The Morgan fingerprint density at radius 1 is 1.29 bits per heavy atom. The summed E-state index contributed by atoms with van der Waals surface area (Å²) in [5.41, 5.74) is 8.35. The van der Waals surface area contributed by atoms with Crippen LogP contribution < -0.4 is 5.73 Å². The topological polar surface area (TPSA) is 59.2 Å². The molecule has 2 rings (SSSR count). The van der Waals surface area contributed by atoms with Crippen LogP contribution in [-0.2, 0) is 6.54 Å². The van der Waals surface area contributed by atoms with E-state index in [9.17, 15) is 4.79 Å². The van der Waals surface area contributed by atoms with Gasteiger partial charge in [0.1, 0.15) is 4.88 Å². The third-order valence-electron chi connectivity index (χ3n) is 3.23. The molecule has 0 fully saturated rings. The Hall–Kier alpha value is -1.88. The molecule has 1 aromatic heterocycles. The largest absolute Gasteiger partial charge is 0.399 e. The molecule has 0 radical (unpaired) electrons. The van der Waals surface area contributed by atoms with Crippen LogP contribution >= 0.6 is 11.3 Å². The number of thiazole rings is 1. The number of hydrogen-bond donors (Lipinski definition) is 1. The van der Waals surface area contributed by atoms with Crippen molar-refractivity contribution in [2.75, 3.05) is 12.3 Å². The normalized spacial score (nSPS) is 10.6. The van der Waals surface area contributed by atoms with Crippen molar-refractivity contribution >= 4 is 22.9 Å². The number of nitrogens with two attached hydrogens (primary N) is 1. The Balaban J connectivity index is 2.20. The third kappa shape index (κ3) is 3.82. The van der Waals surface area contributed by atoms with Gasteiger partial charge < -0.3 is 10.6 Å². The number of carbonyl (C=O) groups excluding carboxylic acids is 1. The summed E-state index contributed by atoms with van der Waals surface area (Å²) in [7, 11) is 0. The molecule has 0 aliphatic rings. The first-order chi connectivity index (χ1) is 10.0. The lowest BCUT2D eigenvalue weighted by atomic mass is 10.2. The fourth-order valence-electron chi connectivity index (χ4n) is 2.24. The molecule has 0 bridgehead atoms. The van der Waals surface area contributed by atoms with Crippen molar-refractivity contribution in [1.29, 1.82) is 0 Å². The Bertz CT molecular complexity index is 619. The second-order valence-corrected chi connectivity index (χ2v) is 6.32. The van der Waals surface area contributed by atoms with Crippen LogP contribution in [0.2, 0.25) is 0 Å². The van der Waals surface area contributed by atoms with Crippen LogP contribution in [-0.4, -0.2) is 22.3 Å². The highest BCUT2D eigenvalue weighted by atomic mass is 32.1. The van der Waals surface area contributed by atoms with Crippen molar-refractivity contribution in [2.45, 2.75) is 33.7 Å². The highest BCUT2D eigenvalue weighted by molar-refractivity contribution is 7.13. The van der Waals surface area contributed by atoms with E-state index in [-0.39, 0.29) is 5.91 Å². The van der Waals surface area contributed by atoms with Crippen molar-refractivity contribution in [3.8, 4) is 0 Å². The molecule has 0 spiro atoms. The van der Waals surface area contributed by atoms with E-state index in [0.29, 0.717) is 6.54 Å². The average molecular weight is 303 g/mol. The molecule has 0 saturated heterocycles. The number of rotatable bonds is 5. The predicted octanol–water partition coefficient (Wildman–Crippen LogP) is 3.39. The van der Waals surface area contributed by atoms with E-state index in [2.05, 4.69) is 11.9 Å². The third-order valence-corrected chi connectivity index (χ3v) is 4.29. The summed E-state index contributed by atoms with van der Waals surface area (Å²) >= 11 is 1.47. The number of aromatic nitrogens is 1. The van der Waals surface area contributed by atoms with E-state index in [1.165, 1.54) is 11.3 Å². The van der Waals surface area contributed by atoms with Crippen molar-refractivity contribution in [1.82, 2.24) is 9.88 Å². The van der Waals surface area contributed by atoms with E-state index in [4.69, 9.17) is 5.73 Å². The fraction of sp³-hybridized carbons (Fsp3) is 0.375. The summed E-state index contributed by atoms with van der Waals surface area (Å²) in [5, 5.41) is 0.930. The first kappa shape index (κ1) is 15.5. The standard InChI is InChI=1S/C16H21N3OS/c1-4-9-19(10-13-5-7-14(17)8-6-13)16(20)15-11(2)18-12(3)21-15/h5-8H,4,9-10,17H2,1-3H3. The number of aryl methyl sites for hydroxylation is 2. The molecule has 0 aliphatic carbocycles. The Morgan fingerprint density at radius 2 is 1.95 bits per heavy atom. The zero-order valence-corrected chi connectivity index (χ0v) is 13.5. The number of nitrogens with zero attached hydrogens (tertiary/aromatic N) is 2. The highest BCUT2D eigenvalue weighted by Crippen LogP contribution is 2.21. The predicted molar refractivity (Wildman–Crippen MR) is 87.5 cm³/mol. The van der Waals surface area contributed by atoms with Gasteiger partial charge in [-0.25, -0.2) is 4.98 Å². The molecule has 0 unspecified atom stereocenters. The maximum atomic E-state index is 12.7. The van der Waals surface area contributed by atoms with Gasteiger partial charge in [-0.1, -0.05) is 19.1 Å².